The van der Waals surface area contributed by atoms with Crippen LogP contribution in [0.3, 0.4) is 0 Å². The Kier molecular flexibility index (Phi) is 4.92. The van der Waals surface area contributed by atoms with E-state index in [2.05, 4.69) is 10.3 Å². The van der Waals surface area contributed by atoms with Crippen molar-refractivity contribution in [3.63, 3.8) is 0 Å². The molecule has 0 atom stereocenters. The summed E-state index contributed by atoms with van der Waals surface area (Å²) in [6.45, 7) is 7.79. The van der Waals surface area contributed by atoms with Crippen molar-refractivity contribution >= 4 is 17.9 Å². The third kappa shape index (κ3) is 5.90. The first kappa shape index (κ1) is 15.0. The molecule has 0 aliphatic carbocycles. The number of nitrogens with zero attached hydrogens (tertiary/aromatic N) is 1. The lowest BCUT2D eigenvalue weighted by Crippen LogP contribution is -2.32. The average Bonchev–Trinajstić information content (AvgIpc) is 2.24. The summed E-state index contributed by atoms with van der Waals surface area (Å²) in [5.41, 5.74) is 7.61. The molecule has 19 heavy (non-hydrogen) atoms. The van der Waals surface area contributed by atoms with Crippen LogP contribution < -0.4 is 11.1 Å². The number of carbonyl (C=O) groups is 1. The minimum absolute atomic E-state index is 0.389. The molecule has 1 heterocycles. The van der Waals surface area contributed by atoms with Crippen molar-refractivity contribution in [3.8, 4) is 0 Å². The summed E-state index contributed by atoms with van der Waals surface area (Å²) < 4.78 is 5.11. The van der Waals surface area contributed by atoms with Gasteiger partial charge in [0.25, 0.3) is 0 Å². The number of ether oxygens (including phenoxy) is 1. The number of alkyl carbamates (subject to hydrolysis) is 1. The molecule has 0 spiro atoms. The van der Waals surface area contributed by atoms with Crippen LogP contribution in [-0.4, -0.2) is 23.2 Å². The van der Waals surface area contributed by atoms with Gasteiger partial charge in [-0.1, -0.05) is 6.08 Å². The highest BCUT2D eigenvalue weighted by Crippen LogP contribution is 2.10. The van der Waals surface area contributed by atoms with Crippen LogP contribution in [0.25, 0.3) is 6.08 Å². The third-order valence-electron chi connectivity index (χ3n) is 2.18. The molecule has 5 heteroatoms. The molecule has 0 unspecified atom stereocenters. The molecule has 0 aliphatic heterocycles. The summed E-state index contributed by atoms with van der Waals surface area (Å²) in [7, 11) is 0. The summed E-state index contributed by atoms with van der Waals surface area (Å²) >= 11 is 0. The zero-order valence-electron chi connectivity index (χ0n) is 11.9. The lowest BCUT2D eigenvalue weighted by atomic mass is 10.2. The number of aryl methyl sites for hydroxylation is 1. The number of aromatic nitrogens is 1. The molecule has 0 aromatic carbocycles. The smallest absolute Gasteiger partial charge is 0.407 e. The van der Waals surface area contributed by atoms with Crippen molar-refractivity contribution in [2.24, 2.45) is 0 Å². The second-order valence-electron chi connectivity index (χ2n) is 5.26. The second-order valence-corrected chi connectivity index (χ2v) is 5.26. The zero-order chi connectivity index (χ0) is 14.5. The summed E-state index contributed by atoms with van der Waals surface area (Å²) in [6.07, 6.45) is 4.83. The fourth-order valence-electron chi connectivity index (χ4n) is 1.41. The number of hydrogen-bond acceptors (Lipinski definition) is 4. The number of carbonyl (C=O) groups excluding carboxylic acids is 1. The van der Waals surface area contributed by atoms with E-state index in [0.717, 1.165) is 11.3 Å². The predicted octanol–water partition coefficient (Wildman–Crippen LogP) is 2.51. The number of nitrogen functional groups attached to an aromatic ring is 1. The summed E-state index contributed by atoms with van der Waals surface area (Å²) in [5.74, 6) is 0. The van der Waals surface area contributed by atoms with Crippen molar-refractivity contribution in [3.05, 3.63) is 29.6 Å². The van der Waals surface area contributed by atoms with Crippen molar-refractivity contribution < 1.29 is 9.53 Å². The van der Waals surface area contributed by atoms with Gasteiger partial charge in [-0.25, -0.2) is 4.79 Å². The van der Waals surface area contributed by atoms with Crippen LogP contribution in [-0.2, 0) is 4.74 Å². The normalized spacial score (nSPS) is 11.6. The molecule has 104 valence electrons. The average molecular weight is 263 g/mol. The van der Waals surface area contributed by atoms with Gasteiger partial charge in [-0.2, -0.15) is 0 Å². The second kappa shape index (κ2) is 6.22. The van der Waals surface area contributed by atoms with E-state index in [-0.39, 0.29) is 0 Å². The molecule has 0 saturated carbocycles. The quantitative estimate of drug-likeness (QED) is 0.878. The van der Waals surface area contributed by atoms with E-state index in [4.69, 9.17) is 10.5 Å². The standard InChI is InChI=1S/C14H21N3O2/c1-10-8-11(15)9-17-12(10)6-5-7-16-13(18)19-14(2,3)4/h5-6,8-9H,7,15H2,1-4H3,(H,16,18). The van der Waals surface area contributed by atoms with Crippen molar-refractivity contribution in [2.75, 3.05) is 12.3 Å². The van der Waals surface area contributed by atoms with Crippen molar-refractivity contribution in [1.82, 2.24) is 10.3 Å². The largest absolute Gasteiger partial charge is 0.444 e. The van der Waals surface area contributed by atoms with E-state index in [1.54, 1.807) is 6.20 Å². The maximum atomic E-state index is 11.4. The van der Waals surface area contributed by atoms with Crippen LogP contribution in [0.5, 0.6) is 0 Å². The van der Waals surface area contributed by atoms with Crippen LogP contribution in [0.2, 0.25) is 0 Å². The van der Waals surface area contributed by atoms with Gasteiger partial charge in [0, 0.05) is 6.54 Å². The van der Waals surface area contributed by atoms with Gasteiger partial charge in [-0.3, -0.25) is 4.98 Å². The Labute approximate surface area is 113 Å². The molecule has 0 fully saturated rings. The van der Waals surface area contributed by atoms with Crippen LogP contribution in [0.1, 0.15) is 32.0 Å². The predicted molar refractivity (Wildman–Crippen MR) is 76.7 cm³/mol. The van der Waals surface area contributed by atoms with E-state index in [9.17, 15) is 4.79 Å². The lowest BCUT2D eigenvalue weighted by molar-refractivity contribution is 0.0534. The minimum Gasteiger partial charge on any atom is -0.444 e. The Hall–Kier alpha value is -2.04. The monoisotopic (exact) mass is 263 g/mol. The third-order valence-corrected chi connectivity index (χ3v) is 2.18. The van der Waals surface area contributed by atoms with Crippen LogP contribution >= 0.6 is 0 Å². The maximum Gasteiger partial charge on any atom is 0.407 e. The van der Waals surface area contributed by atoms with E-state index in [0.29, 0.717) is 12.2 Å². The lowest BCUT2D eigenvalue weighted by Gasteiger charge is -2.19. The molecular formula is C14H21N3O2. The number of nitrogens with two attached hydrogens (primary N) is 1. The number of pyridine rings is 1. The first-order valence-corrected chi connectivity index (χ1v) is 6.13. The molecule has 1 aromatic heterocycles. The summed E-state index contributed by atoms with van der Waals surface area (Å²) in [5, 5.41) is 2.64. The number of nitrogens with one attached hydrogen (secondary N) is 1. The van der Waals surface area contributed by atoms with Crippen molar-refractivity contribution in [1.29, 1.82) is 0 Å². The molecule has 0 aliphatic rings. The Morgan fingerprint density at radius 3 is 2.79 bits per heavy atom. The van der Waals surface area contributed by atoms with Gasteiger partial charge < -0.3 is 15.8 Å². The number of rotatable bonds is 3. The van der Waals surface area contributed by atoms with E-state index in [1.807, 2.05) is 45.9 Å². The Morgan fingerprint density at radius 2 is 2.21 bits per heavy atom. The maximum absolute atomic E-state index is 11.4. The summed E-state index contributed by atoms with van der Waals surface area (Å²) in [4.78, 5) is 15.6. The fourth-order valence-corrected chi connectivity index (χ4v) is 1.41. The van der Waals surface area contributed by atoms with Gasteiger partial charge >= 0.3 is 6.09 Å². The van der Waals surface area contributed by atoms with E-state index >= 15 is 0 Å². The molecule has 1 aromatic rings. The molecule has 1 rings (SSSR count). The number of anilines is 1. The molecule has 0 bridgehead atoms. The minimum atomic E-state index is -0.483. The Balaban J connectivity index is 2.44. The van der Waals surface area contributed by atoms with Gasteiger partial charge in [0.15, 0.2) is 0 Å². The highest BCUT2D eigenvalue weighted by molar-refractivity contribution is 5.68. The molecule has 1 amide bonds. The SMILES string of the molecule is Cc1cc(N)cnc1C=CCNC(=O)OC(C)(C)C. The molecule has 5 nitrogen and oxygen atoms in total. The Bertz CT molecular complexity index is 476. The topological polar surface area (TPSA) is 77.2 Å². The molecular weight excluding hydrogens is 242 g/mol. The summed E-state index contributed by atoms with van der Waals surface area (Å²) in [6, 6.07) is 1.86. The van der Waals surface area contributed by atoms with Gasteiger partial charge in [0.1, 0.15) is 5.60 Å². The fraction of sp³-hybridized carbons (Fsp3) is 0.429. The van der Waals surface area contributed by atoms with Crippen LogP contribution in [0.15, 0.2) is 18.3 Å². The Morgan fingerprint density at radius 1 is 1.53 bits per heavy atom. The van der Waals surface area contributed by atoms with Gasteiger partial charge in [0.2, 0.25) is 0 Å². The molecule has 0 radical (unpaired) electrons. The van der Waals surface area contributed by atoms with E-state index in [1.165, 1.54) is 0 Å². The number of hydrogen-bond donors (Lipinski definition) is 2. The van der Waals surface area contributed by atoms with Crippen molar-refractivity contribution in [2.45, 2.75) is 33.3 Å². The highest BCUT2D eigenvalue weighted by Gasteiger charge is 2.14. The molecule has 3 N–H and O–H groups in total. The van der Waals surface area contributed by atoms with Gasteiger partial charge in [-0.05, 0) is 45.4 Å². The first-order valence-electron chi connectivity index (χ1n) is 6.13. The molecule has 0 saturated heterocycles. The first-order chi connectivity index (χ1) is 8.78. The van der Waals surface area contributed by atoms with Crippen LogP contribution in [0, 0.1) is 6.92 Å². The number of amides is 1. The zero-order valence-corrected chi connectivity index (χ0v) is 11.9. The van der Waals surface area contributed by atoms with E-state index < -0.39 is 11.7 Å². The van der Waals surface area contributed by atoms with Gasteiger partial charge in [0.05, 0.1) is 17.6 Å². The van der Waals surface area contributed by atoms with Gasteiger partial charge in [-0.15, -0.1) is 0 Å². The highest BCUT2D eigenvalue weighted by atomic mass is 16.6. The van der Waals surface area contributed by atoms with Crippen LogP contribution in [0.4, 0.5) is 10.5 Å².